The van der Waals surface area contributed by atoms with E-state index in [-0.39, 0.29) is 22.7 Å². The molecule has 3 nitrogen and oxygen atoms in total. The predicted octanol–water partition coefficient (Wildman–Crippen LogP) is 3.12. The van der Waals surface area contributed by atoms with Crippen molar-refractivity contribution in [3.63, 3.8) is 0 Å². The van der Waals surface area contributed by atoms with Crippen molar-refractivity contribution in [2.45, 2.75) is 27.2 Å². The van der Waals surface area contributed by atoms with E-state index >= 15 is 0 Å². The van der Waals surface area contributed by atoms with Crippen LogP contribution in [0.25, 0.3) is 6.08 Å². The molecule has 0 aliphatic heterocycles. The fourth-order valence-corrected chi connectivity index (χ4v) is 1.22. The average Bonchev–Trinajstić information content (AvgIpc) is 2.30. The molecule has 0 aromatic heterocycles. The molecule has 0 radical (unpaired) electrons. The molecule has 0 heterocycles. The first kappa shape index (κ1) is 13.3. The summed E-state index contributed by atoms with van der Waals surface area (Å²) in [6.07, 6.45) is 3.92. The quantitative estimate of drug-likeness (QED) is 0.621. The minimum absolute atomic E-state index is 0.0487. The van der Waals surface area contributed by atoms with E-state index in [0.29, 0.717) is 5.56 Å². The summed E-state index contributed by atoms with van der Waals surface area (Å²) in [7, 11) is 0. The number of ketones is 1. The molecule has 0 aliphatic carbocycles. The van der Waals surface area contributed by atoms with Gasteiger partial charge in [-0.3, -0.25) is 4.79 Å². The van der Waals surface area contributed by atoms with Crippen LogP contribution in [-0.2, 0) is 4.79 Å². The van der Waals surface area contributed by atoms with Gasteiger partial charge in [-0.15, -0.1) is 0 Å². The summed E-state index contributed by atoms with van der Waals surface area (Å²) in [5, 5.41) is 18.4. The molecule has 0 saturated heterocycles. The molecule has 1 aromatic rings. The van der Waals surface area contributed by atoms with E-state index in [1.807, 2.05) is 20.8 Å². The van der Waals surface area contributed by atoms with Gasteiger partial charge in [0.25, 0.3) is 0 Å². The van der Waals surface area contributed by atoms with E-state index in [9.17, 15) is 9.90 Å². The predicted molar refractivity (Wildman–Crippen MR) is 67.9 cm³/mol. The summed E-state index contributed by atoms with van der Waals surface area (Å²) in [6.45, 7) is 5.76. The molecule has 0 aliphatic rings. The van der Waals surface area contributed by atoms with Gasteiger partial charge in [-0.25, -0.2) is 0 Å². The molecule has 0 fully saturated rings. The van der Waals surface area contributed by atoms with Gasteiger partial charge in [-0.2, -0.15) is 0 Å². The summed E-state index contributed by atoms with van der Waals surface area (Å²) in [6, 6.07) is 4.44. The van der Waals surface area contributed by atoms with Crippen molar-refractivity contribution in [3.8, 4) is 11.5 Å². The molecule has 0 saturated carbocycles. The van der Waals surface area contributed by atoms with Crippen molar-refractivity contribution in [1.29, 1.82) is 0 Å². The number of phenols is 2. The van der Waals surface area contributed by atoms with Crippen molar-refractivity contribution >= 4 is 11.9 Å². The van der Waals surface area contributed by atoms with Gasteiger partial charge in [-0.1, -0.05) is 32.9 Å². The SMILES string of the molecule is CCC(C)(C)C(=O)/C=C/c1ccc(O)c(O)c1. The highest BCUT2D eigenvalue weighted by Gasteiger charge is 2.22. The molecule has 0 atom stereocenters. The molecule has 3 heteroatoms. The summed E-state index contributed by atoms with van der Waals surface area (Å²) >= 11 is 0. The van der Waals surface area contributed by atoms with Crippen molar-refractivity contribution < 1.29 is 15.0 Å². The van der Waals surface area contributed by atoms with Crippen LogP contribution in [0.5, 0.6) is 11.5 Å². The van der Waals surface area contributed by atoms with Crippen LogP contribution in [0.1, 0.15) is 32.8 Å². The van der Waals surface area contributed by atoms with Crippen molar-refractivity contribution in [2.75, 3.05) is 0 Å². The summed E-state index contributed by atoms with van der Waals surface area (Å²) < 4.78 is 0. The van der Waals surface area contributed by atoms with Gasteiger partial charge in [-0.05, 0) is 30.2 Å². The third-order valence-electron chi connectivity index (χ3n) is 2.98. The minimum atomic E-state index is -0.366. The topological polar surface area (TPSA) is 57.5 Å². The van der Waals surface area contributed by atoms with Gasteiger partial charge in [0.15, 0.2) is 17.3 Å². The highest BCUT2D eigenvalue weighted by atomic mass is 16.3. The van der Waals surface area contributed by atoms with Crippen LogP contribution in [0.4, 0.5) is 0 Å². The number of aromatic hydroxyl groups is 2. The molecule has 1 aromatic carbocycles. The number of carbonyl (C=O) groups excluding carboxylic acids is 1. The highest BCUT2D eigenvalue weighted by Crippen LogP contribution is 2.26. The Balaban J connectivity index is 2.84. The zero-order valence-corrected chi connectivity index (χ0v) is 10.4. The molecule has 2 N–H and O–H groups in total. The van der Waals surface area contributed by atoms with E-state index in [1.165, 1.54) is 18.2 Å². The second kappa shape index (κ2) is 5.04. The van der Waals surface area contributed by atoms with Gasteiger partial charge < -0.3 is 10.2 Å². The molecule has 0 bridgehead atoms. The lowest BCUT2D eigenvalue weighted by Crippen LogP contribution is -2.20. The van der Waals surface area contributed by atoms with Crippen molar-refractivity contribution in [2.24, 2.45) is 5.41 Å². The van der Waals surface area contributed by atoms with Gasteiger partial charge in [0, 0.05) is 5.41 Å². The number of benzene rings is 1. The minimum Gasteiger partial charge on any atom is -0.504 e. The maximum Gasteiger partial charge on any atom is 0.161 e. The maximum absolute atomic E-state index is 11.8. The molecular formula is C14H18O3. The number of phenolic OH excluding ortho intramolecular Hbond substituents is 2. The third kappa shape index (κ3) is 3.34. The largest absolute Gasteiger partial charge is 0.504 e. The fraction of sp³-hybridized carbons (Fsp3) is 0.357. The number of carbonyl (C=O) groups is 1. The lowest BCUT2D eigenvalue weighted by atomic mass is 9.85. The van der Waals surface area contributed by atoms with Crippen molar-refractivity contribution in [3.05, 3.63) is 29.8 Å². The normalized spacial score (nSPS) is 11.9. The van der Waals surface area contributed by atoms with Crippen LogP contribution in [0.15, 0.2) is 24.3 Å². The van der Waals surface area contributed by atoms with E-state index < -0.39 is 0 Å². The van der Waals surface area contributed by atoms with Crippen molar-refractivity contribution in [1.82, 2.24) is 0 Å². The van der Waals surface area contributed by atoms with E-state index in [0.717, 1.165) is 6.42 Å². The standard InChI is InChI=1S/C14H18O3/c1-4-14(2,3)13(17)8-6-10-5-7-11(15)12(16)9-10/h5-9,15-16H,4H2,1-3H3/b8-6+. The molecule has 0 amide bonds. The Morgan fingerprint density at radius 2 is 1.94 bits per heavy atom. The number of hydrogen-bond acceptors (Lipinski definition) is 3. The maximum atomic E-state index is 11.8. The van der Waals surface area contributed by atoms with E-state index in [1.54, 1.807) is 12.1 Å². The summed E-state index contributed by atoms with van der Waals surface area (Å²) in [5.41, 5.74) is 0.315. The first-order chi connectivity index (χ1) is 7.86. The Bertz CT molecular complexity index is 445. The van der Waals surface area contributed by atoms with Crippen LogP contribution in [0.2, 0.25) is 0 Å². The number of rotatable bonds is 4. The molecule has 92 valence electrons. The highest BCUT2D eigenvalue weighted by molar-refractivity contribution is 5.97. The Kier molecular flexibility index (Phi) is 3.94. The summed E-state index contributed by atoms with van der Waals surface area (Å²) in [4.78, 5) is 11.8. The van der Waals surface area contributed by atoms with Gasteiger partial charge in [0.2, 0.25) is 0 Å². The Morgan fingerprint density at radius 3 is 2.47 bits per heavy atom. The molecule has 0 unspecified atom stereocenters. The Hall–Kier alpha value is -1.77. The second-order valence-electron chi connectivity index (χ2n) is 4.68. The van der Waals surface area contributed by atoms with Gasteiger partial charge in [0.1, 0.15) is 0 Å². The zero-order chi connectivity index (χ0) is 13.1. The zero-order valence-electron chi connectivity index (χ0n) is 10.4. The monoisotopic (exact) mass is 234 g/mol. The second-order valence-corrected chi connectivity index (χ2v) is 4.68. The lowest BCUT2D eigenvalue weighted by molar-refractivity contribution is -0.122. The Labute approximate surface area is 101 Å². The van der Waals surface area contributed by atoms with Gasteiger partial charge >= 0.3 is 0 Å². The number of hydrogen-bond donors (Lipinski definition) is 2. The lowest BCUT2D eigenvalue weighted by Gasteiger charge is -2.18. The van der Waals surface area contributed by atoms with Crippen LogP contribution in [0, 0.1) is 5.41 Å². The Morgan fingerprint density at radius 1 is 1.29 bits per heavy atom. The molecular weight excluding hydrogens is 216 g/mol. The average molecular weight is 234 g/mol. The summed E-state index contributed by atoms with van der Waals surface area (Å²) in [5.74, 6) is -0.302. The first-order valence-corrected chi connectivity index (χ1v) is 5.61. The van der Waals surface area contributed by atoms with Crippen LogP contribution >= 0.6 is 0 Å². The molecule has 17 heavy (non-hydrogen) atoms. The van der Waals surface area contributed by atoms with E-state index in [2.05, 4.69) is 0 Å². The third-order valence-corrected chi connectivity index (χ3v) is 2.98. The first-order valence-electron chi connectivity index (χ1n) is 5.61. The molecule has 1 rings (SSSR count). The van der Waals surface area contributed by atoms with Crippen LogP contribution in [-0.4, -0.2) is 16.0 Å². The number of allylic oxidation sites excluding steroid dienone is 1. The smallest absolute Gasteiger partial charge is 0.161 e. The van der Waals surface area contributed by atoms with Gasteiger partial charge in [0.05, 0.1) is 0 Å². The molecule has 0 spiro atoms. The fourth-order valence-electron chi connectivity index (χ4n) is 1.22. The van der Waals surface area contributed by atoms with Crippen LogP contribution in [0.3, 0.4) is 0 Å². The van der Waals surface area contributed by atoms with Crippen LogP contribution < -0.4 is 0 Å². The van der Waals surface area contributed by atoms with E-state index in [4.69, 9.17) is 5.11 Å².